The molecule has 2 rings (SSSR count). The first-order valence-electron chi connectivity index (χ1n) is 6.29. The SMILES string of the molecule is CC(C(=O)NN)C(O)(Cn1cncn1)c1ccccc1F. The number of nitrogens with one attached hydrogen (secondary N) is 1. The number of aliphatic hydroxyl groups is 1. The predicted octanol–water partition coefficient (Wildman–Crippen LogP) is -0.0690. The zero-order chi connectivity index (χ0) is 15.5. The van der Waals surface area contributed by atoms with Crippen LogP contribution in [0.4, 0.5) is 4.39 Å². The van der Waals surface area contributed by atoms with E-state index in [-0.39, 0.29) is 12.1 Å². The quantitative estimate of drug-likeness (QED) is 0.406. The van der Waals surface area contributed by atoms with Gasteiger partial charge >= 0.3 is 0 Å². The van der Waals surface area contributed by atoms with Crippen LogP contribution in [0.3, 0.4) is 0 Å². The van der Waals surface area contributed by atoms with Crippen LogP contribution in [0.2, 0.25) is 0 Å². The van der Waals surface area contributed by atoms with Crippen molar-refractivity contribution in [3.8, 4) is 0 Å². The monoisotopic (exact) mass is 293 g/mol. The molecule has 0 radical (unpaired) electrons. The van der Waals surface area contributed by atoms with Gasteiger partial charge in [0.05, 0.1) is 12.5 Å². The van der Waals surface area contributed by atoms with Gasteiger partial charge in [0.2, 0.25) is 5.91 Å². The molecule has 0 fully saturated rings. The van der Waals surface area contributed by atoms with Crippen LogP contribution in [0, 0.1) is 11.7 Å². The average Bonchev–Trinajstić information content (AvgIpc) is 2.98. The Morgan fingerprint density at radius 2 is 2.29 bits per heavy atom. The lowest BCUT2D eigenvalue weighted by Crippen LogP contribution is -2.48. The first-order chi connectivity index (χ1) is 9.99. The number of aromatic nitrogens is 3. The Hall–Kier alpha value is -2.32. The van der Waals surface area contributed by atoms with E-state index >= 15 is 0 Å². The Morgan fingerprint density at radius 3 is 2.86 bits per heavy atom. The van der Waals surface area contributed by atoms with Gasteiger partial charge in [-0.2, -0.15) is 5.10 Å². The fourth-order valence-electron chi connectivity index (χ4n) is 2.17. The van der Waals surface area contributed by atoms with Gasteiger partial charge in [0.1, 0.15) is 24.1 Å². The third kappa shape index (κ3) is 2.91. The molecule has 0 saturated heterocycles. The van der Waals surface area contributed by atoms with Crippen molar-refractivity contribution in [2.45, 2.75) is 19.1 Å². The number of hydrogen-bond acceptors (Lipinski definition) is 5. The number of hydrazine groups is 1. The van der Waals surface area contributed by atoms with Gasteiger partial charge in [-0.25, -0.2) is 19.9 Å². The molecule has 4 N–H and O–H groups in total. The van der Waals surface area contributed by atoms with E-state index in [0.29, 0.717) is 0 Å². The molecule has 0 bridgehead atoms. The fraction of sp³-hybridized carbons (Fsp3) is 0.308. The number of hydrogen-bond donors (Lipinski definition) is 3. The number of nitrogens with zero attached hydrogens (tertiary/aromatic N) is 3. The molecule has 1 aromatic carbocycles. The Labute approximate surface area is 120 Å². The van der Waals surface area contributed by atoms with Crippen molar-refractivity contribution in [3.63, 3.8) is 0 Å². The topological polar surface area (TPSA) is 106 Å². The van der Waals surface area contributed by atoms with E-state index in [1.807, 2.05) is 5.43 Å². The van der Waals surface area contributed by atoms with Gasteiger partial charge in [-0.15, -0.1) is 0 Å². The highest BCUT2D eigenvalue weighted by Gasteiger charge is 2.42. The number of halogens is 1. The number of carbonyl (C=O) groups excluding carboxylic acids is 1. The Kier molecular flexibility index (Phi) is 4.29. The smallest absolute Gasteiger partial charge is 0.240 e. The minimum atomic E-state index is -1.82. The minimum absolute atomic E-state index is 0.00315. The van der Waals surface area contributed by atoms with Crippen LogP contribution < -0.4 is 11.3 Å². The molecule has 0 spiro atoms. The Bertz CT molecular complexity index is 619. The van der Waals surface area contributed by atoms with Crippen LogP contribution in [0.1, 0.15) is 12.5 Å². The summed E-state index contributed by atoms with van der Waals surface area (Å²) in [7, 11) is 0. The van der Waals surface area contributed by atoms with Crippen LogP contribution in [-0.2, 0) is 16.9 Å². The summed E-state index contributed by atoms with van der Waals surface area (Å²) in [6, 6.07) is 5.72. The molecule has 21 heavy (non-hydrogen) atoms. The molecule has 2 unspecified atom stereocenters. The summed E-state index contributed by atoms with van der Waals surface area (Å²) in [5, 5.41) is 14.8. The van der Waals surface area contributed by atoms with Crippen LogP contribution in [0.5, 0.6) is 0 Å². The van der Waals surface area contributed by atoms with E-state index < -0.39 is 23.2 Å². The number of benzene rings is 1. The number of carbonyl (C=O) groups is 1. The zero-order valence-corrected chi connectivity index (χ0v) is 11.4. The normalized spacial score (nSPS) is 15.2. The van der Waals surface area contributed by atoms with Crippen molar-refractivity contribution in [1.82, 2.24) is 20.2 Å². The lowest BCUT2D eigenvalue weighted by Gasteiger charge is -2.33. The first kappa shape index (κ1) is 15.1. The molecule has 1 amide bonds. The van der Waals surface area contributed by atoms with Gasteiger partial charge in [0.15, 0.2) is 0 Å². The largest absolute Gasteiger partial charge is 0.382 e. The van der Waals surface area contributed by atoms with Crippen molar-refractivity contribution in [2.75, 3.05) is 0 Å². The Balaban J connectivity index is 2.48. The summed E-state index contributed by atoms with van der Waals surface area (Å²) >= 11 is 0. The van der Waals surface area contributed by atoms with E-state index in [2.05, 4.69) is 10.1 Å². The van der Waals surface area contributed by atoms with Crippen LogP contribution in [-0.4, -0.2) is 25.8 Å². The molecule has 7 nitrogen and oxygen atoms in total. The second-order valence-electron chi connectivity index (χ2n) is 4.73. The van der Waals surface area contributed by atoms with Gasteiger partial charge in [0.25, 0.3) is 0 Å². The zero-order valence-electron chi connectivity index (χ0n) is 11.4. The molecule has 1 aromatic heterocycles. The minimum Gasteiger partial charge on any atom is -0.382 e. The number of nitrogens with two attached hydrogens (primary N) is 1. The van der Waals surface area contributed by atoms with Gasteiger partial charge in [-0.3, -0.25) is 10.2 Å². The first-order valence-corrected chi connectivity index (χ1v) is 6.29. The maximum absolute atomic E-state index is 14.1. The third-order valence-corrected chi connectivity index (χ3v) is 3.46. The summed E-state index contributed by atoms with van der Waals surface area (Å²) in [5.74, 6) is 2.90. The van der Waals surface area contributed by atoms with Crippen LogP contribution in [0.15, 0.2) is 36.9 Å². The number of rotatable bonds is 5. The van der Waals surface area contributed by atoms with E-state index in [4.69, 9.17) is 5.84 Å². The van der Waals surface area contributed by atoms with E-state index in [1.54, 1.807) is 6.07 Å². The van der Waals surface area contributed by atoms with Crippen molar-refractivity contribution in [3.05, 3.63) is 48.3 Å². The molecule has 2 aromatic rings. The molecule has 8 heteroatoms. The molecular formula is C13H16FN5O2. The van der Waals surface area contributed by atoms with Crippen LogP contribution >= 0.6 is 0 Å². The summed E-state index contributed by atoms with van der Waals surface area (Å²) in [4.78, 5) is 15.6. The van der Waals surface area contributed by atoms with Gasteiger partial charge in [-0.1, -0.05) is 25.1 Å². The fourth-order valence-corrected chi connectivity index (χ4v) is 2.17. The molecule has 0 aliphatic carbocycles. The molecule has 0 aliphatic heterocycles. The summed E-state index contributed by atoms with van der Waals surface area (Å²) < 4.78 is 15.4. The van der Waals surface area contributed by atoms with Gasteiger partial charge in [-0.05, 0) is 6.07 Å². The molecule has 112 valence electrons. The van der Waals surface area contributed by atoms with Crippen molar-refractivity contribution in [2.24, 2.45) is 11.8 Å². The molecule has 2 atom stereocenters. The highest BCUT2D eigenvalue weighted by Crippen LogP contribution is 2.33. The standard InChI is InChI=1S/C13H16FN5O2/c1-9(12(20)18-15)13(21,6-19-8-16-7-17-19)10-4-2-3-5-11(10)14/h2-5,7-9,21H,6,15H2,1H3,(H,18,20). The average molecular weight is 293 g/mol. The number of amides is 1. The predicted molar refractivity (Wildman–Crippen MR) is 71.8 cm³/mol. The van der Waals surface area contributed by atoms with Crippen molar-refractivity contribution < 1.29 is 14.3 Å². The highest BCUT2D eigenvalue weighted by atomic mass is 19.1. The van der Waals surface area contributed by atoms with E-state index in [0.717, 1.165) is 0 Å². The third-order valence-electron chi connectivity index (χ3n) is 3.46. The highest BCUT2D eigenvalue weighted by molar-refractivity contribution is 5.79. The van der Waals surface area contributed by atoms with Crippen molar-refractivity contribution >= 4 is 5.91 Å². The summed E-state index contributed by atoms with van der Waals surface area (Å²) in [6.45, 7) is 1.33. The molecule has 0 saturated carbocycles. The van der Waals surface area contributed by atoms with Crippen molar-refractivity contribution in [1.29, 1.82) is 0 Å². The van der Waals surface area contributed by atoms with E-state index in [9.17, 15) is 14.3 Å². The van der Waals surface area contributed by atoms with Crippen LogP contribution in [0.25, 0.3) is 0 Å². The molecule has 0 aliphatic rings. The van der Waals surface area contributed by atoms with Gasteiger partial charge in [0, 0.05) is 5.56 Å². The second kappa shape index (κ2) is 5.98. The maximum atomic E-state index is 14.1. The lowest BCUT2D eigenvalue weighted by atomic mass is 9.81. The van der Waals surface area contributed by atoms with Gasteiger partial charge < -0.3 is 5.11 Å². The Morgan fingerprint density at radius 1 is 1.57 bits per heavy atom. The maximum Gasteiger partial charge on any atom is 0.240 e. The summed E-state index contributed by atoms with van der Waals surface area (Å²) in [6.07, 6.45) is 2.66. The second-order valence-corrected chi connectivity index (χ2v) is 4.73. The molecule has 1 heterocycles. The lowest BCUT2D eigenvalue weighted by molar-refractivity contribution is -0.136. The molecular weight excluding hydrogens is 277 g/mol. The van der Waals surface area contributed by atoms with E-state index in [1.165, 1.54) is 42.5 Å². The summed E-state index contributed by atoms with van der Waals surface area (Å²) in [5.41, 5.74) is 0.152.